The molecule has 18 heavy (non-hydrogen) atoms. The van der Waals surface area contributed by atoms with E-state index in [4.69, 9.17) is 14.6 Å². The molecule has 1 heterocycles. The van der Waals surface area contributed by atoms with Crippen LogP contribution in [0.25, 0.3) is 0 Å². The third-order valence-electron chi connectivity index (χ3n) is 3.81. The Hall–Kier alpha value is -1.71. The molecule has 2 aliphatic rings. The summed E-state index contributed by atoms with van der Waals surface area (Å²) in [5.41, 5.74) is 0.666. The summed E-state index contributed by atoms with van der Waals surface area (Å²) in [6.45, 7) is 1.17. The van der Waals surface area contributed by atoms with Crippen molar-refractivity contribution in [2.45, 2.75) is 25.7 Å². The molecular weight excluding hydrogens is 232 g/mol. The van der Waals surface area contributed by atoms with Crippen LogP contribution in [0.5, 0.6) is 11.5 Å². The fraction of sp³-hybridized carbons (Fsp3) is 0.500. The summed E-state index contributed by atoms with van der Waals surface area (Å²) in [6.07, 6.45) is 3.12. The van der Waals surface area contributed by atoms with Gasteiger partial charge in [0, 0.05) is 0 Å². The van der Waals surface area contributed by atoms with Gasteiger partial charge in [-0.1, -0.05) is 6.07 Å². The summed E-state index contributed by atoms with van der Waals surface area (Å²) in [6, 6.07) is 5.86. The van der Waals surface area contributed by atoms with E-state index in [1.807, 2.05) is 18.2 Å². The average molecular weight is 248 g/mol. The fourth-order valence-corrected chi connectivity index (χ4v) is 2.35. The Kier molecular flexibility index (Phi) is 2.65. The van der Waals surface area contributed by atoms with E-state index in [9.17, 15) is 4.79 Å². The Labute approximate surface area is 106 Å². The van der Waals surface area contributed by atoms with E-state index in [0.717, 1.165) is 36.3 Å². The predicted molar refractivity (Wildman–Crippen MR) is 65.1 cm³/mol. The van der Waals surface area contributed by atoms with Crippen LogP contribution < -0.4 is 9.47 Å². The van der Waals surface area contributed by atoms with Crippen molar-refractivity contribution < 1.29 is 19.4 Å². The van der Waals surface area contributed by atoms with Crippen LogP contribution in [0.3, 0.4) is 0 Å². The lowest BCUT2D eigenvalue weighted by atomic mass is 9.97. The molecule has 1 fully saturated rings. The molecule has 1 aromatic carbocycles. The minimum atomic E-state index is -0.653. The lowest BCUT2D eigenvalue weighted by molar-refractivity contribution is -0.143. The third kappa shape index (κ3) is 2.03. The van der Waals surface area contributed by atoms with E-state index in [1.54, 1.807) is 0 Å². The van der Waals surface area contributed by atoms with Crippen LogP contribution in [0.15, 0.2) is 18.2 Å². The van der Waals surface area contributed by atoms with Gasteiger partial charge >= 0.3 is 5.97 Å². The summed E-state index contributed by atoms with van der Waals surface area (Å²) >= 11 is 0. The first-order valence-corrected chi connectivity index (χ1v) is 6.32. The van der Waals surface area contributed by atoms with Gasteiger partial charge in [0.1, 0.15) is 13.2 Å². The van der Waals surface area contributed by atoms with Crippen LogP contribution in [-0.4, -0.2) is 24.3 Å². The summed E-state index contributed by atoms with van der Waals surface area (Å²) < 4.78 is 11.0. The van der Waals surface area contributed by atoms with Crippen LogP contribution in [0.4, 0.5) is 0 Å². The minimum absolute atomic E-state index is 0.451. The summed E-state index contributed by atoms with van der Waals surface area (Å²) in [5.74, 6) is 0.906. The standard InChI is InChI=1S/C14H16O4/c15-13(16)14(5-6-14)4-3-10-1-2-11-12(9-10)18-8-7-17-11/h1-2,9H,3-8H2,(H,15,16). The fourth-order valence-electron chi connectivity index (χ4n) is 2.35. The van der Waals surface area contributed by atoms with E-state index in [0.29, 0.717) is 19.6 Å². The van der Waals surface area contributed by atoms with Crippen LogP contribution >= 0.6 is 0 Å². The number of hydrogen-bond acceptors (Lipinski definition) is 3. The lowest BCUT2D eigenvalue weighted by Crippen LogP contribution is -2.16. The molecule has 96 valence electrons. The zero-order chi connectivity index (χ0) is 12.6. The van der Waals surface area contributed by atoms with Gasteiger partial charge in [0.2, 0.25) is 0 Å². The molecule has 4 heteroatoms. The monoisotopic (exact) mass is 248 g/mol. The van der Waals surface area contributed by atoms with Gasteiger partial charge in [0.15, 0.2) is 11.5 Å². The highest BCUT2D eigenvalue weighted by atomic mass is 16.6. The van der Waals surface area contributed by atoms with E-state index >= 15 is 0 Å². The molecule has 0 aromatic heterocycles. The van der Waals surface area contributed by atoms with Crippen molar-refractivity contribution in [2.75, 3.05) is 13.2 Å². The Morgan fingerprint density at radius 3 is 2.61 bits per heavy atom. The van der Waals surface area contributed by atoms with Gasteiger partial charge in [-0.15, -0.1) is 0 Å². The number of carbonyl (C=O) groups is 1. The Morgan fingerprint density at radius 2 is 1.94 bits per heavy atom. The van der Waals surface area contributed by atoms with Gasteiger partial charge in [-0.3, -0.25) is 4.79 Å². The smallest absolute Gasteiger partial charge is 0.309 e. The molecule has 0 atom stereocenters. The second kappa shape index (κ2) is 4.19. The Bertz CT molecular complexity index is 477. The van der Waals surface area contributed by atoms with Gasteiger partial charge < -0.3 is 14.6 Å². The van der Waals surface area contributed by atoms with Crippen LogP contribution in [0.1, 0.15) is 24.8 Å². The highest BCUT2D eigenvalue weighted by molar-refractivity contribution is 5.77. The summed E-state index contributed by atoms with van der Waals surface area (Å²) in [7, 11) is 0. The van der Waals surface area contributed by atoms with Crippen molar-refractivity contribution in [2.24, 2.45) is 5.41 Å². The van der Waals surface area contributed by atoms with Crippen LogP contribution in [0.2, 0.25) is 0 Å². The highest BCUT2D eigenvalue weighted by Gasteiger charge is 2.49. The number of aryl methyl sites for hydroxylation is 1. The first-order valence-electron chi connectivity index (χ1n) is 6.32. The first-order chi connectivity index (χ1) is 8.70. The summed E-state index contributed by atoms with van der Waals surface area (Å²) in [4.78, 5) is 11.1. The van der Waals surface area contributed by atoms with Gasteiger partial charge in [-0.25, -0.2) is 0 Å². The van der Waals surface area contributed by atoms with Gasteiger partial charge in [0.25, 0.3) is 0 Å². The zero-order valence-electron chi connectivity index (χ0n) is 10.1. The molecule has 0 saturated heterocycles. The van der Waals surface area contributed by atoms with Crippen molar-refractivity contribution in [3.63, 3.8) is 0 Å². The largest absolute Gasteiger partial charge is 0.486 e. The maximum Gasteiger partial charge on any atom is 0.309 e. The van der Waals surface area contributed by atoms with Crippen molar-refractivity contribution in [3.05, 3.63) is 23.8 Å². The van der Waals surface area contributed by atoms with Crippen LogP contribution in [-0.2, 0) is 11.2 Å². The Morgan fingerprint density at radius 1 is 1.22 bits per heavy atom. The van der Waals surface area contributed by atoms with Gasteiger partial charge in [-0.05, 0) is 43.4 Å². The maximum atomic E-state index is 11.1. The zero-order valence-corrected chi connectivity index (χ0v) is 10.1. The second-order valence-electron chi connectivity index (χ2n) is 5.06. The third-order valence-corrected chi connectivity index (χ3v) is 3.81. The molecule has 4 nitrogen and oxygen atoms in total. The molecule has 0 bridgehead atoms. The number of fused-ring (bicyclic) bond motifs is 1. The number of carboxylic acid groups (broad SMARTS) is 1. The molecule has 0 spiro atoms. The van der Waals surface area contributed by atoms with Crippen molar-refractivity contribution >= 4 is 5.97 Å². The van der Waals surface area contributed by atoms with Crippen molar-refractivity contribution in [3.8, 4) is 11.5 Å². The summed E-state index contributed by atoms with van der Waals surface area (Å²) in [5, 5.41) is 9.13. The molecule has 1 aliphatic heterocycles. The van der Waals surface area contributed by atoms with Crippen molar-refractivity contribution in [1.82, 2.24) is 0 Å². The highest BCUT2D eigenvalue weighted by Crippen LogP contribution is 2.49. The second-order valence-corrected chi connectivity index (χ2v) is 5.06. The Balaban J connectivity index is 1.68. The molecule has 1 aromatic rings. The molecule has 1 N–H and O–H groups in total. The molecule has 1 saturated carbocycles. The van der Waals surface area contributed by atoms with E-state index < -0.39 is 11.4 Å². The number of rotatable bonds is 4. The first kappa shape index (κ1) is 11.4. The minimum Gasteiger partial charge on any atom is -0.486 e. The predicted octanol–water partition coefficient (Wildman–Crippen LogP) is 2.26. The van der Waals surface area contributed by atoms with E-state index in [2.05, 4.69) is 0 Å². The number of carboxylic acids is 1. The normalized spacial score (nSPS) is 19.3. The topological polar surface area (TPSA) is 55.8 Å². The average Bonchev–Trinajstić information content (AvgIpc) is 3.17. The maximum absolute atomic E-state index is 11.1. The lowest BCUT2D eigenvalue weighted by Gasteiger charge is -2.19. The molecule has 3 rings (SSSR count). The molecule has 0 amide bonds. The van der Waals surface area contributed by atoms with E-state index in [-0.39, 0.29) is 0 Å². The van der Waals surface area contributed by atoms with Crippen LogP contribution in [0, 0.1) is 5.41 Å². The number of benzene rings is 1. The van der Waals surface area contributed by atoms with Gasteiger partial charge in [-0.2, -0.15) is 0 Å². The van der Waals surface area contributed by atoms with Gasteiger partial charge in [0.05, 0.1) is 5.41 Å². The molecule has 0 radical (unpaired) electrons. The SMILES string of the molecule is O=C(O)C1(CCc2ccc3c(c2)OCCO3)CC1. The number of aliphatic carboxylic acids is 1. The quantitative estimate of drug-likeness (QED) is 0.888. The number of ether oxygens (including phenoxy) is 2. The molecule has 0 unspecified atom stereocenters. The molecule has 1 aliphatic carbocycles. The molecular formula is C14H16O4. The number of hydrogen-bond donors (Lipinski definition) is 1. The van der Waals surface area contributed by atoms with Crippen molar-refractivity contribution in [1.29, 1.82) is 0 Å². The van der Waals surface area contributed by atoms with E-state index in [1.165, 1.54) is 0 Å².